The monoisotopic (exact) mass is 265 g/mol. The van der Waals surface area contributed by atoms with Crippen LogP contribution < -0.4 is 5.32 Å². The van der Waals surface area contributed by atoms with Crippen molar-refractivity contribution in [2.45, 2.75) is 58.8 Å². The van der Waals surface area contributed by atoms with Crippen LogP contribution in [0, 0.1) is 5.92 Å². The minimum absolute atomic E-state index is 0.0881. The Morgan fingerprint density at radius 2 is 2.00 bits per heavy atom. The first-order chi connectivity index (χ1) is 7.71. The number of carbonyl (C=O) groups excluding carboxylic acids is 1. The number of amides is 1. The number of carbonyl (C=O) groups is 1. The predicted molar refractivity (Wildman–Crippen MR) is 69.3 cm³/mol. The van der Waals surface area contributed by atoms with Gasteiger partial charge < -0.3 is 15.2 Å². The number of alkyl carbamates (subject to hydrolysis) is 1. The Bertz CT molecular complexity index is 230. The molecule has 4 nitrogen and oxygen atoms in total. The zero-order valence-electron chi connectivity index (χ0n) is 11.3. The van der Waals surface area contributed by atoms with Crippen LogP contribution in [0.25, 0.3) is 0 Å². The van der Waals surface area contributed by atoms with Gasteiger partial charge in [-0.15, -0.1) is 11.6 Å². The summed E-state index contributed by atoms with van der Waals surface area (Å²) in [5.74, 6) is 0.224. The van der Waals surface area contributed by atoms with Crippen molar-refractivity contribution in [1.82, 2.24) is 5.32 Å². The Morgan fingerprint density at radius 3 is 2.35 bits per heavy atom. The molecule has 0 rings (SSSR count). The molecule has 0 radical (unpaired) electrons. The SMILES string of the molecule is CC[C@@H](C)[C@H](NC(=O)OC(C)(C)C)[C@H](O)CCl. The lowest BCUT2D eigenvalue weighted by Gasteiger charge is -2.29. The van der Waals surface area contributed by atoms with E-state index in [2.05, 4.69) is 5.32 Å². The minimum Gasteiger partial charge on any atom is -0.444 e. The Kier molecular flexibility index (Phi) is 6.87. The quantitative estimate of drug-likeness (QED) is 0.751. The normalized spacial score (nSPS) is 17.1. The summed E-state index contributed by atoms with van der Waals surface area (Å²) in [7, 11) is 0. The fraction of sp³-hybridized carbons (Fsp3) is 0.917. The van der Waals surface area contributed by atoms with Gasteiger partial charge >= 0.3 is 6.09 Å². The van der Waals surface area contributed by atoms with Crippen molar-refractivity contribution in [2.24, 2.45) is 5.92 Å². The molecule has 2 N–H and O–H groups in total. The van der Waals surface area contributed by atoms with Gasteiger partial charge in [0.15, 0.2) is 0 Å². The third kappa shape index (κ3) is 6.74. The summed E-state index contributed by atoms with van der Waals surface area (Å²) in [5.41, 5.74) is -0.546. The maximum absolute atomic E-state index is 11.6. The molecule has 0 aromatic heterocycles. The van der Waals surface area contributed by atoms with Crippen LogP contribution in [0.3, 0.4) is 0 Å². The predicted octanol–water partition coefficient (Wildman–Crippen LogP) is 2.53. The Hall–Kier alpha value is -0.480. The van der Waals surface area contributed by atoms with E-state index in [-0.39, 0.29) is 17.8 Å². The van der Waals surface area contributed by atoms with Crippen molar-refractivity contribution in [3.8, 4) is 0 Å². The van der Waals surface area contributed by atoms with Crippen molar-refractivity contribution < 1.29 is 14.6 Å². The molecule has 0 aliphatic carbocycles. The topological polar surface area (TPSA) is 58.6 Å². The van der Waals surface area contributed by atoms with E-state index in [1.807, 2.05) is 13.8 Å². The molecule has 0 unspecified atom stereocenters. The van der Waals surface area contributed by atoms with Crippen LogP contribution in [0.5, 0.6) is 0 Å². The van der Waals surface area contributed by atoms with Crippen LogP contribution in [0.15, 0.2) is 0 Å². The number of nitrogens with one attached hydrogen (secondary N) is 1. The van der Waals surface area contributed by atoms with Crippen LogP contribution >= 0.6 is 11.6 Å². The highest BCUT2D eigenvalue weighted by atomic mass is 35.5. The number of ether oxygens (including phenoxy) is 1. The number of aliphatic hydroxyl groups is 1. The molecule has 0 bridgehead atoms. The Balaban J connectivity index is 4.48. The van der Waals surface area contributed by atoms with E-state index in [1.54, 1.807) is 20.8 Å². The van der Waals surface area contributed by atoms with Gasteiger partial charge in [0.1, 0.15) is 5.60 Å². The summed E-state index contributed by atoms with van der Waals surface area (Å²) in [6, 6.07) is -0.382. The highest BCUT2D eigenvalue weighted by molar-refractivity contribution is 6.18. The van der Waals surface area contributed by atoms with Gasteiger partial charge in [-0.05, 0) is 26.7 Å². The van der Waals surface area contributed by atoms with E-state index < -0.39 is 17.8 Å². The third-order valence-electron chi connectivity index (χ3n) is 2.51. The lowest BCUT2D eigenvalue weighted by atomic mass is 9.95. The fourth-order valence-corrected chi connectivity index (χ4v) is 1.60. The average Bonchev–Trinajstić information content (AvgIpc) is 2.21. The molecular formula is C12H24ClNO3. The molecule has 17 heavy (non-hydrogen) atoms. The van der Waals surface area contributed by atoms with Gasteiger partial charge in [0.25, 0.3) is 0 Å². The first-order valence-electron chi connectivity index (χ1n) is 5.94. The molecule has 5 heteroatoms. The van der Waals surface area contributed by atoms with E-state index in [4.69, 9.17) is 16.3 Å². The maximum atomic E-state index is 11.6. The van der Waals surface area contributed by atoms with E-state index in [0.717, 1.165) is 6.42 Å². The van der Waals surface area contributed by atoms with Gasteiger partial charge in [-0.25, -0.2) is 4.79 Å². The highest BCUT2D eigenvalue weighted by Gasteiger charge is 2.27. The summed E-state index contributed by atoms with van der Waals surface area (Å²) in [5, 5.41) is 12.4. The van der Waals surface area contributed by atoms with Crippen LogP contribution in [-0.2, 0) is 4.74 Å². The summed E-state index contributed by atoms with van der Waals surface area (Å²) in [4.78, 5) is 11.6. The summed E-state index contributed by atoms with van der Waals surface area (Å²) in [6.07, 6.45) is -0.444. The molecule has 0 saturated carbocycles. The first kappa shape index (κ1) is 16.5. The van der Waals surface area contributed by atoms with Crippen LogP contribution in [0.4, 0.5) is 4.79 Å². The van der Waals surface area contributed by atoms with Crippen LogP contribution in [0.2, 0.25) is 0 Å². The zero-order valence-corrected chi connectivity index (χ0v) is 12.0. The number of hydrogen-bond acceptors (Lipinski definition) is 3. The van der Waals surface area contributed by atoms with E-state index in [1.165, 1.54) is 0 Å². The molecule has 0 heterocycles. The second-order valence-corrected chi connectivity index (χ2v) is 5.59. The first-order valence-corrected chi connectivity index (χ1v) is 6.48. The number of hydrogen-bond donors (Lipinski definition) is 2. The molecule has 102 valence electrons. The number of rotatable bonds is 5. The molecule has 0 aliphatic heterocycles. The number of halogens is 1. The molecule has 0 aliphatic rings. The van der Waals surface area contributed by atoms with Crippen molar-refractivity contribution in [3.05, 3.63) is 0 Å². The molecule has 3 atom stereocenters. The van der Waals surface area contributed by atoms with Crippen molar-refractivity contribution in [2.75, 3.05) is 5.88 Å². The molecule has 1 amide bonds. The summed E-state index contributed by atoms with van der Waals surface area (Å²) >= 11 is 5.62. The van der Waals surface area contributed by atoms with Crippen molar-refractivity contribution >= 4 is 17.7 Å². The molecule has 0 spiro atoms. The average molecular weight is 266 g/mol. The fourth-order valence-electron chi connectivity index (χ4n) is 1.41. The summed E-state index contributed by atoms with van der Waals surface area (Å²) in [6.45, 7) is 9.33. The molecular weight excluding hydrogens is 242 g/mol. The highest BCUT2D eigenvalue weighted by Crippen LogP contribution is 2.14. The number of alkyl halides is 1. The minimum atomic E-state index is -0.765. The van der Waals surface area contributed by atoms with Gasteiger partial charge in [-0.1, -0.05) is 20.3 Å². The van der Waals surface area contributed by atoms with Gasteiger partial charge in [-0.2, -0.15) is 0 Å². The number of aliphatic hydroxyl groups excluding tert-OH is 1. The van der Waals surface area contributed by atoms with Crippen LogP contribution in [-0.4, -0.2) is 34.8 Å². The molecule has 0 saturated heterocycles. The van der Waals surface area contributed by atoms with Gasteiger partial charge in [0.05, 0.1) is 18.0 Å². The molecule has 0 aromatic rings. The van der Waals surface area contributed by atoms with Gasteiger partial charge in [-0.3, -0.25) is 0 Å². The van der Waals surface area contributed by atoms with Gasteiger partial charge in [0, 0.05) is 0 Å². The van der Waals surface area contributed by atoms with Crippen molar-refractivity contribution in [1.29, 1.82) is 0 Å². The van der Waals surface area contributed by atoms with Crippen LogP contribution in [0.1, 0.15) is 41.0 Å². The summed E-state index contributed by atoms with van der Waals surface area (Å²) < 4.78 is 5.15. The largest absolute Gasteiger partial charge is 0.444 e. The third-order valence-corrected chi connectivity index (χ3v) is 2.83. The Labute approximate surface area is 109 Å². The zero-order chi connectivity index (χ0) is 13.6. The molecule has 0 fully saturated rings. The lowest BCUT2D eigenvalue weighted by molar-refractivity contribution is 0.0392. The smallest absolute Gasteiger partial charge is 0.407 e. The second kappa shape index (κ2) is 7.07. The van der Waals surface area contributed by atoms with E-state index in [0.29, 0.717) is 0 Å². The van der Waals surface area contributed by atoms with E-state index in [9.17, 15) is 9.90 Å². The maximum Gasteiger partial charge on any atom is 0.407 e. The Morgan fingerprint density at radius 1 is 1.47 bits per heavy atom. The second-order valence-electron chi connectivity index (χ2n) is 5.28. The van der Waals surface area contributed by atoms with Gasteiger partial charge in [0.2, 0.25) is 0 Å². The molecule has 0 aromatic carbocycles. The van der Waals surface area contributed by atoms with Crippen molar-refractivity contribution in [3.63, 3.8) is 0 Å². The lowest BCUT2D eigenvalue weighted by Crippen LogP contribution is -2.49. The van der Waals surface area contributed by atoms with E-state index >= 15 is 0 Å². The standard InChI is InChI=1S/C12H24ClNO3/c1-6-8(2)10(9(15)7-13)14-11(16)17-12(3,4)5/h8-10,15H,6-7H2,1-5H3,(H,14,16)/t8-,9-,10+/m1/s1.